The van der Waals surface area contributed by atoms with E-state index in [1.165, 1.54) is 5.56 Å². The average molecular weight is 267 g/mol. The predicted molar refractivity (Wildman–Crippen MR) is 70.3 cm³/mol. The molecule has 0 spiro atoms. The van der Waals surface area contributed by atoms with Crippen LogP contribution in [0.15, 0.2) is 41.4 Å². The Bertz CT molecular complexity index is 547. The van der Waals surface area contributed by atoms with E-state index in [1.54, 1.807) is 13.8 Å². The average Bonchev–Trinajstić information content (AvgIpc) is 2.48. The molecule has 0 radical (unpaired) electrons. The zero-order valence-corrected chi connectivity index (χ0v) is 11.3. The van der Waals surface area contributed by atoms with E-state index in [-0.39, 0.29) is 0 Å². The highest BCUT2D eigenvalue weighted by Crippen LogP contribution is 2.29. The molecule has 98 valence electrons. The molecular formula is C13H17NO3S. The van der Waals surface area contributed by atoms with E-state index >= 15 is 0 Å². The Morgan fingerprint density at radius 1 is 1.22 bits per heavy atom. The van der Waals surface area contributed by atoms with Crippen molar-refractivity contribution < 1.29 is 12.6 Å². The first kappa shape index (κ1) is 13.1. The van der Waals surface area contributed by atoms with Crippen LogP contribution in [-0.4, -0.2) is 20.6 Å². The van der Waals surface area contributed by atoms with Crippen molar-refractivity contribution in [1.29, 1.82) is 0 Å². The highest BCUT2D eigenvalue weighted by atomic mass is 32.2. The Morgan fingerprint density at radius 3 is 2.44 bits per heavy atom. The van der Waals surface area contributed by atoms with Gasteiger partial charge in [-0.25, -0.2) is 0 Å². The van der Waals surface area contributed by atoms with Gasteiger partial charge in [0.15, 0.2) is 0 Å². The molecule has 18 heavy (non-hydrogen) atoms. The molecule has 0 saturated carbocycles. The first-order valence-electron chi connectivity index (χ1n) is 5.85. The van der Waals surface area contributed by atoms with Gasteiger partial charge in [0.1, 0.15) is 5.60 Å². The molecule has 1 aliphatic rings. The molecule has 1 N–H and O–H groups in total. The summed E-state index contributed by atoms with van der Waals surface area (Å²) in [6.07, 6.45) is 0.842. The highest BCUT2D eigenvalue weighted by molar-refractivity contribution is 7.90. The Balaban J connectivity index is 1.95. The Morgan fingerprint density at radius 2 is 1.89 bits per heavy atom. The second-order valence-electron chi connectivity index (χ2n) is 4.78. The summed E-state index contributed by atoms with van der Waals surface area (Å²) >= 11 is 0. The van der Waals surface area contributed by atoms with Gasteiger partial charge in [0.25, 0.3) is 10.1 Å². The minimum atomic E-state index is -3.52. The zero-order valence-electron chi connectivity index (χ0n) is 10.5. The van der Waals surface area contributed by atoms with E-state index < -0.39 is 15.7 Å². The van der Waals surface area contributed by atoms with E-state index in [1.807, 2.05) is 30.3 Å². The molecule has 1 heterocycles. The molecule has 0 atom stereocenters. The summed E-state index contributed by atoms with van der Waals surface area (Å²) in [5.74, 6) is 0. The van der Waals surface area contributed by atoms with Crippen LogP contribution >= 0.6 is 0 Å². The van der Waals surface area contributed by atoms with Gasteiger partial charge >= 0.3 is 0 Å². The van der Waals surface area contributed by atoms with Gasteiger partial charge in [0, 0.05) is 6.54 Å². The standard InChI is InChI=1S/C13H17NO3S/c1-13(2)12(10-18(15,16)17-13)14-9-8-11-6-4-3-5-7-11/h3-7,10,14H,8-9H2,1-2H3. The molecule has 0 aliphatic carbocycles. The molecule has 0 bridgehead atoms. The Kier molecular flexibility index (Phi) is 3.45. The summed E-state index contributed by atoms with van der Waals surface area (Å²) in [5.41, 5.74) is 1.03. The number of nitrogens with one attached hydrogen (secondary N) is 1. The van der Waals surface area contributed by atoms with Crippen LogP contribution < -0.4 is 5.32 Å². The Hall–Kier alpha value is -1.33. The quantitative estimate of drug-likeness (QED) is 0.845. The third-order valence-corrected chi connectivity index (χ3v) is 3.98. The van der Waals surface area contributed by atoms with E-state index in [0.717, 1.165) is 11.8 Å². The highest BCUT2D eigenvalue weighted by Gasteiger charge is 2.37. The second-order valence-corrected chi connectivity index (χ2v) is 6.17. The topological polar surface area (TPSA) is 55.4 Å². The van der Waals surface area contributed by atoms with Crippen molar-refractivity contribution in [2.24, 2.45) is 0 Å². The van der Waals surface area contributed by atoms with Crippen LogP contribution in [0, 0.1) is 0 Å². The van der Waals surface area contributed by atoms with Crippen molar-refractivity contribution in [2.75, 3.05) is 6.54 Å². The van der Waals surface area contributed by atoms with Gasteiger partial charge in [0.2, 0.25) is 0 Å². The third kappa shape index (κ3) is 3.11. The summed E-state index contributed by atoms with van der Waals surface area (Å²) in [6, 6.07) is 10.0. The van der Waals surface area contributed by atoms with Gasteiger partial charge in [-0.15, -0.1) is 0 Å². The largest absolute Gasteiger partial charge is 0.385 e. The molecule has 0 saturated heterocycles. The van der Waals surface area contributed by atoms with E-state index in [9.17, 15) is 8.42 Å². The first-order chi connectivity index (χ1) is 8.39. The van der Waals surface area contributed by atoms with Crippen LogP contribution in [0.4, 0.5) is 0 Å². The molecular weight excluding hydrogens is 250 g/mol. The maximum absolute atomic E-state index is 11.4. The van der Waals surface area contributed by atoms with Crippen LogP contribution in [0.25, 0.3) is 0 Å². The molecule has 2 rings (SSSR count). The van der Waals surface area contributed by atoms with E-state index in [2.05, 4.69) is 5.32 Å². The van der Waals surface area contributed by atoms with Gasteiger partial charge < -0.3 is 5.32 Å². The van der Waals surface area contributed by atoms with E-state index in [4.69, 9.17) is 4.18 Å². The van der Waals surface area contributed by atoms with Crippen LogP contribution in [0.1, 0.15) is 19.4 Å². The predicted octanol–water partition coefficient (Wildman–Crippen LogP) is 1.80. The lowest BCUT2D eigenvalue weighted by atomic mass is 10.1. The molecule has 0 amide bonds. The minimum Gasteiger partial charge on any atom is -0.385 e. The fraction of sp³-hybridized carbons (Fsp3) is 0.385. The van der Waals surface area contributed by atoms with Crippen LogP contribution in [0.5, 0.6) is 0 Å². The SMILES string of the molecule is CC1(C)OS(=O)(=O)C=C1NCCc1ccccc1. The van der Waals surface area contributed by atoms with Crippen molar-refractivity contribution in [2.45, 2.75) is 25.9 Å². The molecule has 1 aliphatic heterocycles. The summed E-state index contributed by atoms with van der Waals surface area (Å²) < 4.78 is 27.7. The molecule has 0 fully saturated rings. The lowest BCUT2D eigenvalue weighted by Gasteiger charge is -2.21. The van der Waals surface area contributed by atoms with Gasteiger partial charge in [-0.1, -0.05) is 30.3 Å². The van der Waals surface area contributed by atoms with Crippen LogP contribution in [0.2, 0.25) is 0 Å². The fourth-order valence-electron chi connectivity index (χ4n) is 1.89. The number of hydrogen-bond acceptors (Lipinski definition) is 4. The molecule has 5 heteroatoms. The van der Waals surface area contributed by atoms with Crippen LogP contribution in [0.3, 0.4) is 0 Å². The van der Waals surface area contributed by atoms with Crippen molar-refractivity contribution in [3.63, 3.8) is 0 Å². The Labute approximate surface area is 108 Å². The summed E-state index contributed by atoms with van der Waals surface area (Å²) in [7, 11) is -3.52. The van der Waals surface area contributed by atoms with Crippen LogP contribution in [-0.2, 0) is 20.7 Å². The van der Waals surface area contributed by atoms with Crippen molar-refractivity contribution in [3.05, 3.63) is 47.0 Å². The lowest BCUT2D eigenvalue weighted by Crippen LogP contribution is -2.32. The van der Waals surface area contributed by atoms with Crippen molar-refractivity contribution in [1.82, 2.24) is 5.32 Å². The van der Waals surface area contributed by atoms with Gasteiger partial charge in [-0.3, -0.25) is 4.18 Å². The minimum absolute atomic E-state index is 0.610. The van der Waals surface area contributed by atoms with Gasteiger partial charge in [0.05, 0.1) is 11.1 Å². The number of rotatable bonds is 4. The maximum Gasteiger partial charge on any atom is 0.292 e. The number of hydrogen-bond donors (Lipinski definition) is 1. The van der Waals surface area contributed by atoms with Gasteiger partial charge in [-0.05, 0) is 25.8 Å². The molecule has 1 aromatic rings. The molecule has 0 aromatic heterocycles. The van der Waals surface area contributed by atoms with Crippen molar-refractivity contribution in [3.8, 4) is 0 Å². The molecule has 0 unspecified atom stereocenters. The maximum atomic E-state index is 11.4. The molecule has 1 aromatic carbocycles. The van der Waals surface area contributed by atoms with Crippen molar-refractivity contribution >= 4 is 10.1 Å². The summed E-state index contributed by atoms with van der Waals surface area (Å²) in [5, 5.41) is 4.30. The first-order valence-corrected chi connectivity index (χ1v) is 7.32. The smallest absolute Gasteiger partial charge is 0.292 e. The third-order valence-electron chi connectivity index (χ3n) is 2.81. The zero-order chi connectivity index (χ0) is 13.2. The lowest BCUT2D eigenvalue weighted by molar-refractivity contribution is 0.163. The number of benzene rings is 1. The summed E-state index contributed by atoms with van der Waals surface area (Å²) in [6.45, 7) is 4.15. The fourth-order valence-corrected chi connectivity index (χ4v) is 3.26. The normalized spacial score (nSPS) is 20.4. The van der Waals surface area contributed by atoms with Gasteiger partial charge in [-0.2, -0.15) is 8.42 Å². The summed E-state index contributed by atoms with van der Waals surface area (Å²) in [4.78, 5) is 0. The molecule has 4 nitrogen and oxygen atoms in total. The second kappa shape index (κ2) is 4.74. The monoisotopic (exact) mass is 267 g/mol. The van der Waals surface area contributed by atoms with E-state index in [0.29, 0.717) is 12.2 Å².